The Morgan fingerprint density at radius 1 is 1.73 bits per heavy atom. The molecular weight excluding hydrogens is 148 g/mol. The van der Waals surface area contributed by atoms with Crippen molar-refractivity contribution in [1.82, 2.24) is 0 Å². The monoisotopic (exact) mass is 160 g/mol. The highest BCUT2D eigenvalue weighted by Crippen LogP contribution is 2.15. The lowest BCUT2D eigenvalue weighted by Gasteiger charge is -2.30. The van der Waals surface area contributed by atoms with E-state index in [9.17, 15) is 4.91 Å². The van der Waals surface area contributed by atoms with E-state index < -0.39 is 12.1 Å². The van der Waals surface area contributed by atoms with Gasteiger partial charge in [-0.1, -0.05) is 5.18 Å². The molecule has 0 radical (unpaired) electrons. The summed E-state index contributed by atoms with van der Waals surface area (Å²) in [5.74, 6) is 0. The fourth-order valence-corrected chi connectivity index (χ4v) is 1.21. The van der Waals surface area contributed by atoms with Gasteiger partial charge in [-0.2, -0.15) is 4.91 Å². The van der Waals surface area contributed by atoms with E-state index in [1.54, 1.807) is 0 Å². The molecule has 5 nitrogen and oxygen atoms in total. The lowest BCUT2D eigenvalue weighted by atomic mass is 9.99. The molecule has 1 heterocycles. The maximum atomic E-state index is 10.2. The predicted molar refractivity (Wildman–Crippen MR) is 39.0 cm³/mol. The summed E-state index contributed by atoms with van der Waals surface area (Å²) in [6.07, 6.45) is 0.128. The van der Waals surface area contributed by atoms with Crippen molar-refractivity contribution in [3.63, 3.8) is 0 Å². The average molecular weight is 160 g/mol. The Kier molecular flexibility index (Phi) is 2.92. The van der Waals surface area contributed by atoms with Crippen LogP contribution in [0.4, 0.5) is 0 Å². The summed E-state index contributed by atoms with van der Waals surface area (Å²) in [5.41, 5.74) is 5.57. The van der Waals surface area contributed by atoms with Gasteiger partial charge in [0.2, 0.25) is 0 Å². The van der Waals surface area contributed by atoms with Crippen molar-refractivity contribution in [2.75, 3.05) is 13.2 Å². The molecule has 1 fully saturated rings. The molecule has 3 N–H and O–H groups in total. The van der Waals surface area contributed by atoms with E-state index in [0.29, 0.717) is 13.0 Å². The molecule has 11 heavy (non-hydrogen) atoms. The molecule has 5 heteroatoms. The molecule has 0 aromatic rings. The molecule has 0 spiro atoms. The number of aliphatic hydroxyl groups is 1. The van der Waals surface area contributed by atoms with Crippen LogP contribution in [0.3, 0.4) is 0 Å². The van der Waals surface area contributed by atoms with E-state index in [1.807, 2.05) is 0 Å². The fourth-order valence-electron chi connectivity index (χ4n) is 1.21. The minimum absolute atomic E-state index is 0.190. The topological polar surface area (TPSA) is 84.9 Å². The Balaban J connectivity index is 2.55. The Hall–Kier alpha value is -0.520. The summed E-state index contributed by atoms with van der Waals surface area (Å²) >= 11 is 0. The SMILES string of the molecule is NC1CCOC(CO)[C@H]1N=O. The van der Waals surface area contributed by atoms with Crippen LogP contribution < -0.4 is 5.73 Å². The van der Waals surface area contributed by atoms with E-state index in [2.05, 4.69) is 5.18 Å². The van der Waals surface area contributed by atoms with Crippen LogP contribution in [-0.2, 0) is 4.74 Å². The molecule has 3 atom stereocenters. The second-order valence-corrected chi connectivity index (χ2v) is 2.64. The number of ether oxygens (including phenoxy) is 1. The summed E-state index contributed by atoms with van der Waals surface area (Å²) in [6, 6.07) is -0.854. The van der Waals surface area contributed by atoms with Gasteiger partial charge < -0.3 is 15.6 Å². The lowest BCUT2D eigenvalue weighted by Crippen LogP contribution is -2.49. The van der Waals surface area contributed by atoms with E-state index in [1.165, 1.54) is 0 Å². The van der Waals surface area contributed by atoms with Crippen molar-refractivity contribution in [1.29, 1.82) is 0 Å². The first-order chi connectivity index (χ1) is 5.29. The summed E-state index contributed by atoms with van der Waals surface area (Å²) in [4.78, 5) is 10.2. The Labute approximate surface area is 64.5 Å². The Bertz CT molecular complexity index is 142. The highest BCUT2D eigenvalue weighted by Gasteiger charge is 2.32. The van der Waals surface area contributed by atoms with Crippen molar-refractivity contribution >= 4 is 0 Å². The van der Waals surface area contributed by atoms with E-state index >= 15 is 0 Å². The van der Waals surface area contributed by atoms with Gasteiger partial charge in [-0.05, 0) is 6.42 Å². The molecule has 0 aromatic heterocycles. The van der Waals surface area contributed by atoms with Crippen molar-refractivity contribution in [3.05, 3.63) is 4.91 Å². The maximum Gasteiger partial charge on any atom is 0.135 e. The molecule has 0 saturated carbocycles. The molecule has 1 rings (SSSR count). The molecule has 1 saturated heterocycles. The summed E-state index contributed by atoms with van der Waals surface area (Å²) < 4.78 is 5.08. The summed E-state index contributed by atoms with van der Waals surface area (Å²) in [7, 11) is 0. The number of nitrogens with two attached hydrogens (primary N) is 1. The highest BCUT2D eigenvalue weighted by atomic mass is 16.5. The third-order valence-electron chi connectivity index (χ3n) is 1.90. The van der Waals surface area contributed by atoms with Crippen LogP contribution in [0.5, 0.6) is 0 Å². The first kappa shape index (κ1) is 8.58. The van der Waals surface area contributed by atoms with Gasteiger partial charge >= 0.3 is 0 Å². The fraction of sp³-hybridized carbons (Fsp3) is 1.00. The predicted octanol–water partition coefficient (Wildman–Crippen LogP) is -0.770. The molecule has 1 aliphatic heterocycles. The summed E-state index contributed by atoms with van der Waals surface area (Å²) in [6.45, 7) is 0.308. The molecule has 64 valence electrons. The van der Waals surface area contributed by atoms with Gasteiger partial charge in [-0.15, -0.1) is 0 Å². The zero-order chi connectivity index (χ0) is 8.27. The van der Waals surface area contributed by atoms with Crippen molar-refractivity contribution in [2.24, 2.45) is 10.9 Å². The van der Waals surface area contributed by atoms with Crippen LogP contribution in [0.15, 0.2) is 5.18 Å². The van der Waals surface area contributed by atoms with Crippen LogP contribution in [-0.4, -0.2) is 36.5 Å². The van der Waals surface area contributed by atoms with Crippen LogP contribution in [0.25, 0.3) is 0 Å². The minimum atomic E-state index is -0.589. The normalized spacial score (nSPS) is 38.5. The minimum Gasteiger partial charge on any atom is -0.394 e. The van der Waals surface area contributed by atoms with Crippen molar-refractivity contribution < 1.29 is 9.84 Å². The highest BCUT2D eigenvalue weighted by molar-refractivity contribution is 4.89. The Morgan fingerprint density at radius 3 is 2.91 bits per heavy atom. The molecule has 0 bridgehead atoms. The average Bonchev–Trinajstić information content (AvgIpc) is 2.04. The number of rotatable bonds is 2. The second kappa shape index (κ2) is 3.75. The van der Waals surface area contributed by atoms with Gasteiger partial charge in [0.25, 0.3) is 0 Å². The first-order valence-corrected chi connectivity index (χ1v) is 3.60. The third kappa shape index (κ3) is 1.74. The van der Waals surface area contributed by atoms with Crippen LogP contribution >= 0.6 is 0 Å². The second-order valence-electron chi connectivity index (χ2n) is 2.64. The molecule has 0 aliphatic carbocycles. The standard InChI is InChI=1S/C6H12N2O3/c7-4-1-2-11-5(3-9)6(4)8-10/h4-6,9H,1-3,7H2/t4?,5?,6-/m0/s1. The van der Waals surface area contributed by atoms with Crippen molar-refractivity contribution in [2.45, 2.75) is 24.6 Å². The van der Waals surface area contributed by atoms with Gasteiger partial charge in [0.15, 0.2) is 0 Å². The number of hydrogen-bond donors (Lipinski definition) is 2. The zero-order valence-corrected chi connectivity index (χ0v) is 6.14. The molecule has 2 unspecified atom stereocenters. The first-order valence-electron chi connectivity index (χ1n) is 3.60. The largest absolute Gasteiger partial charge is 0.394 e. The van der Waals surface area contributed by atoms with Crippen LogP contribution in [0.1, 0.15) is 6.42 Å². The van der Waals surface area contributed by atoms with Gasteiger partial charge in [0, 0.05) is 12.6 Å². The van der Waals surface area contributed by atoms with E-state index in [-0.39, 0.29) is 12.6 Å². The zero-order valence-electron chi connectivity index (χ0n) is 6.14. The Morgan fingerprint density at radius 2 is 2.45 bits per heavy atom. The lowest BCUT2D eigenvalue weighted by molar-refractivity contribution is -0.0367. The quantitative estimate of drug-likeness (QED) is 0.519. The molecule has 0 amide bonds. The molecular formula is C6H12N2O3. The van der Waals surface area contributed by atoms with Gasteiger partial charge in [0.1, 0.15) is 12.1 Å². The molecule has 1 aliphatic rings. The maximum absolute atomic E-state index is 10.2. The van der Waals surface area contributed by atoms with E-state index in [4.69, 9.17) is 15.6 Å². The summed E-state index contributed by atoms with van der Waals surface area (Å²) in [5, 5.41) is 11.6. The van der Waals surface area contributed by atoms with Crippen LogP contribution in [0.2, 0.25) is 0 Å². The van der Waals surface area contributed by atoms with Crippen LogP contribution in [0, 0.1) is 4.91 Å². The molecule has 0 aromatic carbocycles. The third-order valence-corrected chi connectivity index (χ3v) is 1.90. The van der Waals surface area contributed by atoms with Gasteiger partial charge in [-0.3, -0.25) is 0 Å². The van der Waals surface area contributed by atoms with Gasteiger partial charge in [-0.25, -0.2) is 0 Å². The number of hydrogen-bond acceptors (Lipinski definition) is 5. The number of nitroso groups, excluding NO2 is 1. The number of nitrogens with zero attached hydrogens (tertiary/aromatic N) is 1. The number of aliphatic hydroxyl groups excluding tert-OH is 1. The smallest absolute Gasteiger partial charge is 0.135 e. The van der Waals surface area contributed by atoms with E-state index in [0.717, 1.165) is 0 Å². The van der Waals surface area contributed by atoms with Crippen molar-refractivity contribution in [3.8, 4) is 0 Å². The van der Waals surface area contributed by atoms with Gasteiger partial charge in [0.05, 0.1) is 6.61 Å².